The van der Waals surface area contributed by atoms with E-state index in [9.17, 15) is 10.1 Å². The number of piperidine rings is 1. The number of nitrogens with one attached hydrogen (secondary N) is 1. The molecule has 0 spiro atoms. The lowest BCUT2D eigenvalue weighted by Crippen LogP contribution is -2.41. The fourth-order valence-electron chi connectivity index (χ4n) is 2.52. The highest BCUT2D eigenvalue weighted by Gasteiger charge is 2.21. The van der Waals surface area contributed by atoms with Crippen LogP contribution in [0.1, 0.15) is 12.8 Å². The number of nitro groups is 1. The zero-order valence-electron chi connectivity index (χ0n) is 11.6. The van der Waals surface area contributed by atoms with Gasteiger partial charge in [0.1, 0.15) is 0 Å². The molecule has 1 saturated heterocycles. The maximum absolute atomic E-state index is 10.8. The quantitative estimate of drug-likeness (QED) is 0.693. The Kier molecular flexibility index (Phi) is 4.97. The number of fused-ring (bicyclic) bond motifs is 1. The molecule has 1 aliphatic rings. The summed E-state index contributed by atoms with van der Waals surface area (Å²) in [6, 6.07) is 5.36. The van der Waals surface area contributed by atoms with Crippen LogP contribution in [0.15, 0.2) is 18.2 Å². The van der Waals surface area contributed by atoms with E-state index in [2.05, 4.69) is 22.2 Å². The zero-order valence-corrected chi connectivity index (χ0v) is 13.2. The van der Waals surface area contributed by atoms with Gasteiger partial charge in [-0.3, -0.25) is 10.1 Å². The first kappa shape index (κ1) is 15.9. The summed E-state index contributed by atoms with van der Waals surface area (Å²) in [6.45, 7) is 2.07. The van der Waals surface area contributed by atoms with Crippen molar-refractivity contribution < 1.29 is 4.92 Å². The molecule has 1 N–H and O–H groups in total. The first-order valence-corrected chi connectivity index (χ1v) is 7.45. The molecule has 6 nitrogen and oxygen atoms in total. The Morgan fingerprint density at radius 2 is 2.14 bits per heavy atom. The maximum atomic E-state index is 10.8. The molecule has 0 bridgehead atoms. The number of hydrogen-bond acceptors (Lipinski definition) is 6. The van der Waals surface area contributed by atoms with Crippen LogP contribution in [0.25, 0.3) is 10.2 Å². The highest BCUT2D eigenvalue weighted by molar-refractivity contribution is 7.22. The maximum Gasteiger partial charge on any atom is 0.271 e. The molecular formula is C13H17ClN4O2S. The van der Waals surface area contributed by atoms with Crippen LogP contribution < -0.4 is 10.2 Å². The summed E-state index contributed by atoms with van der Waals surface area (Å²) in [6.07, 6.45) is 2.21. The van der Waals surface area contributed by atoms with Gasteiger partial charge in [0.25, 0.3) is 5.69 Å². The van der Waals surface area contributed by atoms with E-state index in [4.69, 9.17) is 0 Å². The van der Waals surface area contributed by atoms with Crippen LogP contribution in [-0.4, -0.2) is 36.1 Å². The summed E-state index contributed by atoms with van der Waals surface area (Å²) in [5, 5.41) is 15.1. The van der Waals surface area contributed by atoms with Gasteiger partial charge in [-0.15, -0.1) is 12.4 Å². The van der Waals surface area contributed by atoms with Gasteiger partial charge < -0.3 is 10.2 Å². The van der Waals surface area contributed by atoms with Crippen LogP contribution in [0.5, 0.6) is 0 Å². The Labute approximate surface area is 132 Å². The van der Waals surface area contributed by atoms with E-state index in [0.29, 0.717) is 11.6 Å². The summed E-state index contributed by atoms with van der Waals surface area (Å²) in [5.41, 5.74) is 0.804. The minimum absolute atomic E-state index is 0. The third-order valence-electron chi connectivity index (χ3n) is 3.73. The SMILES string of the molecule is CN(c1nc2cc([N+](=O)[O-])ccc2s1)C1CCNCC1.Cl. The Morgan fingerprint density at radius 1 is 1.43 bits per heavy atom. The third kappa shape index (κ3) is 3.25. The summed E-state index contributed by atoms with van der Waals surface area (Å²) >= 11 is 1.59. The lowest BCUT2D eigenvalue weighted by atomic mass is 10.1. The topological polar surface area (TPSA) is 71.3 Å². The minimum atomic E-state index is -0.380. The van der Waals surface area contributed by atoms with Gasteiger partial charge in [-0.05, 0) is 32.0 Å². The molecule has 21 heavy (non-hydrogen) atoms. The van der Waals surface area contributed by atoms with Crippen LogP contribution in [0.3, 0.4) is 0 Å². The fourth-order valence-corrected chi connectivity index (χ4v) is 3.50. The first-order chi connectivity index (χ1) is 9.65. The first-order valence-electron chi connectivity index (χ1n) is 6.63. The monoisotopic (exact) mass is 328 g/mol. The van der Waals surface area contributed by atoms with Gasteiger partial charge in [-0.25, -0.2) is 4.98 Å². The predicted octanol–water partition coefficient (Wildman–Crippen LogP) is 2.81. The molecule has 0 unspecified atom stereocenters. The fraction of sp³-hybridized carbons (Fsp3) is 0.462. The molecular weight excluding hydrogens is 312 g/mol. The van der Waals surface area contributed by atoms with E-state index in [0.717, 1.165) is 35.8 Å². The number of halogens is 1. The highest BCUT2D eigenvalue weighted by atomic mass is 35.5. The molecule has 1 aromatic carbocycles. The lowest BCUT2D eigenvalue weighted by molar-refractivity contribution is -0.384. The summed E-state index contributed by atoms with van der Waals surface area (Å²) in [4.78, 5) is 17.2. The van der Waals surface area contributed by atoms with Crippen LogP contribution in [-0.2, 0) is 0 Å². The Morgan fingerprint density at radius 3 is 2.81 bits per heavy atom. The van der Waals surface area contributed by atoms with Crippen molar-refractivity contribution >= 4 is 44.8 Å². The van der Waals surface area contributed by atoms with Gasteiger partial charge in [0, 0.05) is 25.2 Å². The Bertz CT molecular complexity index is 642. The highest BCUT2D eigenvalue weighted by Crippen LogP contribution is 2.32. The number of anilines is 1. The van der Waals surface area contributed by atoms with Crippen molar-refractivity contribution in [2.75, 3.05) is 25.0 Å². The van der Waals surface area contributed by atoms with Crippen LogP contribution in [0.4, 0.5) is 10.8 Å². The second kappa shape index (κ2) is 6.55. The summed E-state index contributed by atoms with van der Waals surface area (Å²) in [5.74, 6) is 0. The number of non-ortho nitro benzene ring substituents is 1. The van der Waals surface area contributed by atoms with Crippen molar-refractivity contribution in [3.8, 4) is 0 Å². The van der Waals surface area contributed by atoms with E-state index >= 15 is 0 Å². The molecule has 114 valence electrons. The number of benzene rings is 1. The van der Waals surface area contributed by atoms with Crippen molar-refractivity contribution in [1.82, 2.24) is 10.3 Å². The van der Waals surface area contributed by atoms with Crippen molar-refractivity contribution in [3.63, 3.8) is 0 Å². The predicted molar refractivity (Wildman–Crippen MR) is 87.8 cm³/mol. The molecule has 2 heterocycles. The molecule has 0 atom stereocenters. The Balaban J connectivity index is 0.00000161. The molecule has 3 rings (SSSR count). The molecule has 8 heteroatoms. The number of aromatic nitrogens is 1. The van der Waals surface area contributed by atoms with E-state index in [1.165, 1.54) is 6.07 Å². The number of thiazole rings is 1. The average Bonchev–Trinajstić information content (AvgIpc) is 2.90. The molecule has 2 aromatic rings. The number of nitrogens with zero attached hydrogens (tertiary/aromatic N) is 3. The van der Waals surface area contributed by atoms with Crippen LogP contribution in [0.2, 0.25) is 0 Å². The summed E-state index contributed by atoms with van der Waals surface area (Å²) < 4.78 is 0.992. The zero-order chi connectivity index (χ0) is 14.1. The largest absolute Gasteiger partial charge is 0.348 e. The van der Waals surface area contributed by atoms with Crippen molar-refractivity contribution in [1.29, 1.82) is 0 Å². The minimum Gasteiger partial charge on any atom is -0.348 e. The second-order valence-electron chi connectivity index (χ2n) is 5.00. The Hall–Kier alpha value is -1.44. The summed E-state index contributed by atoms with van der Waals surface area (Å²) in [7, 11) is 2.06. The van der Waals surface area contributed by atoms with E-state index in [1.54, 1.807) is 23.5 Å². The van der Waals surface area contributed by atoms with Crippen LogP contribution in [0, 0.1) is 10.1 Å². The average molecular weight is 329 g/mol. The van der Waals surface area contributed by atoms with Crippen molar-refractivity contribution in [3.05, 3.63) is 28.3 Å². The van der Waals surface area contributed by atoms with Gasteiger partial charge in [-0.1, -0.05) is 11.3 Å². The molecule has 1 aromatic heterocycles. The molecule has 1 aliphatic heterocycles. The molecule has 1 fully saturated rings. The molecule has 0 amide bonds. The van der Waals surface area contributed by atoms with Gasteiger partial charge >= 0.3 is 0 Å². The van der Waals surface area contributed by atoms with E-state index in [1.807, 2.05) is 0 Å². The molecule has 0 radical (unpaired) electrons. The smallest absolute Gasteiger partial charge is 0.271 e. The lowest BCUT2D eigenvalue weighted by Gasteiger charge is -2.31. The number of nitro benzene ring substituents is 1. The van der Waals surface area contributed by atoms with Gasteiger partial charge in [0.05, 0.1) is 15.1 Å². The van der Waals surface area contributed by atoms with Gasteiger partial charge in [0.15, 0.2) is 5.13 Å². The van der Waals surface area contributed by atoms with E-state index in [-0.39, 0.29) is 23.0 Å². The van der Waals surface area contributed by atoms with Gasteiger partial charge in [0.2, 0.25) is 0 Å². The standard InChI is InChI=1S/C13H16N4O2S.ClH/c1-16(9-4-6-14-7-5-9)13-15-11-8-10(17(18)19)2-3-12(11)20-13;/h2-3,8-9,14H,4-7H2,1H3;1H. The third-order valence-corrected chi connectivity index (χ3v) is 4.86. The van der Waals surface area contributed by atoms with Gasteiger partial charge in [-0.2, -0.15) is 0 Å². The second-order valence-corrected chi connectivity index (χ2v) is 6.01. The van der Waals surface area contributed by atoms with E-state index < -0.39 is 0 Å². The van der Waals surface area contributed by atoms with Crippen LogP contribution >= 0.6 is 23.7 Å². The number of rotatable bonds is 3. The van der Waals surface area contributed by atoms with Crippen molar-refractivity contribution in [2.45, 2.75) is 18.9 Å². The molecule has 0 aliphatic carbocycles. The molecule has 0 saturated carbocycles. The normalized spacial score (nSPS) is 15.7. The number of hydrogen-bond donors (Lipinski definition) is 1. The van der Waals surface area contributed by atoms with Crippen molar-refractivity contribution in [2.24, 2.45) is 0 Å².